The molecule has 26 heavy (non-hydrogen) atoms. The average Bonchev–Trinajstić information content (AvgIpc) is 3.31. The molecule has 1 saturated heterocycles. The van der Waals surface area contributed by atoms with Crippen molar-refractivity contribution in [2.24, 2.45) is 0 Å². The van der Waals surface area contributed by atoms with Gasteiger partial charge >= 0.3 is 0 Å². The summed E-state index contributed by atoms with van der Waals surface area (Å²) in [7, 11) is 0. The molecule has 134 valence electrons. The van der Waals surface area contributed by atoms with Gasteiger partial charge in [0.15, 0.2) is 5.69 Å². The van der Waals surface area contributed by atoms with Crippen molar-refractivity contribution < 1.29 is 9.32 Å². The normalized spacial score (nSPS) is 16.6. The van der Waals surface area contributed by atoms with Gasteiger partial charge in [-0.25, -0.2) is 4.98 Å². The monoisotopic (exact) mass is 367 g/mol. The Labute approximate surface area is 156 Å². The Morgan fingerprint density at radius 3 is 2.50 bits per heavy atom. The van der Waals surface area contributed by atoms with E-state index < -0.39 is 0 Å². The molecule has 0 aliphatic carbocycles. The number of piperidine rings is 1. The predicted molar refractivity (Wildman–Crippen MR) is 100 cm³/mol. The maximum Gasteiger partial charge on any atom is 0.276 e. The number of nitrogens with zero attached hydrogens (tertiary/aromatic N) is 3. The zero-order chi connectivity index (χ0) is 18.1. The van der Waals surface area contributed by atoms with Crippen LogP contribution in [0, 0.1) is 13.8 Å². The van der Waals surface area contributed by atoms with Crippen LogP contribution < -0.4 is 0 Å². The number of hydrogen-bond acceptors (Lipinski definition) is 5. The van der Waals surface area contributed by atoms with Crippen LogP contribution in [0.1, 0.15) is 45.4 Å². The third-order valence-corrected chi connectivity index (χ3v) is 5.96. The van der Waals surface area contributed by atoms with E-state index in [1.54, 1.807) is 24.3 Å². The summed E-state index contributed by atoms with van der Waals surface area (Å²) in [5.74, 6) is 0.597. The second-order valence-electron chi connectivity index (χ2n) is 6.81. The molecule has 3 heterocycles. The van der Waals surface area contributed by atoms with Gasteiger partial charge in [-0.05, 0) is 32.3 Å². The van der Waals surface area contributed by atoms with Crippen molar-refractivity contribution in [1.29, 1.82) is 0 Å². The number of likely N-dealkylation sites (tertiary alicyclic amines) is 1. The van der Waals surface area contributed by atoms with E-state index in [-0.39, 0.29) is 11.3 Å². The van der Waals surface area contributed by atoms with Crippen LogP contribution in [0.15, 0.2) is 46.3 Å². The average molecular weight is 367 g/mol. The maximum absolute atomic E-state index is 12.7. The van der Waals surface area contributed by atoms with E-state index in [0.717, 1.165) is 23.5 Å². The third-order valence-electron chi connectivity index (χ3n) is 5.19. The number of hydrogen-bond donors (Lipinski definition) is 0. The van der Waals surface area contributed by atoms with E-state index in [9.17, 15) is 4.79 Å². The first-order valence-electron chi connectivity index (χ1n) is 8.79. The summed E-state index contributed by atoms with van der Waals surface area (Å²) < 4.78 is 5.05. The van der Waals surface area contributed by atoms with Crippen LogP contribution in [-0.2, 0) is 5.41 Å². The second-order valence-corrected chi connectivity index (χ2v) is 7.88. The fraction of sp³-hybridized carbons (Fsp3) is 0.350. The molecule has 0 spiro atoms. The zero-order valence-electron chi connectivity index (χ0n) is 14.9. The maximum atomic E-state index is 12.7. The Hall–Kier alpha value is -2.47. The van der Waals surface area contributed by atoms with Gasteiger partial charge in [0, 0.05) is 30.0 Å². The summed E-state index contributed by atoms with van der Waals surface area (Å²) in [5.41, 5.74) is 2.65. The molecule has 0 atom stereocenters. The number of carbonyl (C=O) groups excluding carboxylic acids is 1. The molecular formula is C20H21N3O2S. The Morgan fingerprint density at radius 2 is 1.92 bits per heavy atom. The SMILES string of the molecule is Cc1cc(C(=O)N2CCC(c3ccccc3)(c3csc(C)n3)CC2)no1. The molecule has 1 aliphatic heterocycles. The molecule has 0 radical (unpaired) electrons. The number of aryl methyl sites for hydroxylation is 2. The first-order valence-corrected chi connectivity index (χ1v) is 9.67. The highest BCUT2D eigenvalue weighted by molar-refractivity contribution is 7.09. The molecule has 1 fully saturated rings. The van der Waals surface area contributed by atoms with Crippen molar-refractivity contribution in [1.82, 2.24) is 15.0 Å². The van der Waals surface area contributed by atoms with Gasteiger partial charge in [0.2, 0.25) is 0 Å². The van der Waals surface area contributed by atoms with Gasteiger partial charge in [0.1, 0.15) is 5.76 Å². The van der Waals surface area contributed by atoms with E-state index >= 15 is 0 Å². The molecule has 0 saturated carbocycles. The summed E-state index contributed by atoms with van der Waals surface area (Å²) in [6, 6.07) is 12.2. The highest BCUT2D eigenvalue weighted by Gasteiger charge is 2.41. The minimum Gasteiger partial charge on any atom is -0.361 e. The Morgan fingerprint density at radius 1 is 1.19 bits per heavy atom. The van der Waals surface area contributed by atoms with Gasteiger partial charge in [0.25, 0.3) is 5.91 Å². The zero-order valence-corrected chi connectivity index (χ0v) is 15.8. The lowest BCUT2D eigenvalue weighted by Crippen LogP contribution is -2.46. The highest BCUT2D eigenvalue weighted by atomic mass is 32.1. The van der Waals surface area contributed by atoms with E-state index in [4.69, 9.17) is 9.51 Å². The minimum atomic E-state index is -0.136. The number of benzene rings is 1. The molecule has 1 aliphatic rings. The molecule has 0 bridgehead atoms. The molecule has 6 heteroatoms. The standard InChI is InChI=1S/C20H21N3O2S/c1-14-12-17(22-25-14)19(24)23-10-8-20(9-11-23,16-6-4-3-5-7-16)18-13-26-15(2)21-18/h3-7,12-13H,8-11H2,1-2H3. The van der Waals surface area contributed by atoms with Gasteiger partial charge in [-0.2, -0.15) is 0 Å². The second kappa shape index (κ2) is 6.68. The lowest BCUT2D eigenvalue weighted by Gasteiger charge is -2.41. The van der Waals surface area contributed by atoms with Crippen LogP contribution in [-0.4, -0.2) is 34.0 Å². The number of carbonyl (C=O) groups is 1. The Kier molecular flexibility index (Phi) is 4.36. The molecule has 0 unspecified atom stereocenters. The highest BCUT2D eigenvalue weighted by Crippen LogP contribution is 2.42. The molecule has 2 aromatic heterocycles. The Balaban J connectivity index is 1.61. The number of aromatic nitrogens is 2. The van der Waals surface area contributed by atoms with Crippen LogP contribution >= 0.6 is 11.3 Å². The molecule has 3 aromatic rings. The number of amides is 1. The summed E-state index contributed by atoms with van der Waals surface area (Å²) in [6.45, 7) is 5.19. The smallest absolute Gasteiger partial charge is 0.276 e. The van der Waals surface area contributed by atoms with Crippen molar-refractivity contribution in [2.45, 2.75) is 32.1 Å². The fourth-order valence-corrected chi connectivity index (χ4v) is 4.47. The van der Waals surface area contributed by atoms with Crippen LogP contribution in [0.3, 0.4) is 0 Å². The van der Waals surface area contributed by atoms with E-state index in [2.05, 4.69) is 34.8 Å². The number of thiazole rings is 1. The molecular weight excluding hydrogens is 346 g/mol. The molecule has 0 N–H and O–H groups in total. The number of rotatable bonds is 3. The molecule has 5 nitrogen and oxygen atoms in total. The van der Waals surface area contributed by atoms with Crippen LogP contribution in [0.2, 0.25) is 0 Å². The summed E-state index contributed by atoms with van der Waals surface area (Å²) in [5, 5.41) is 7.11. The van der Waals surface area contributed by atoms with Crippen molar-refractivity contribution in [3.05, 3.63) is 69.5 Å². The predicted octanol–water partition coefficient (Wildman–Crippen LogP) is 3.97. The van der Waals surface area contributed by atoms with Crippen molar-refractivity contribution in [3.63, 3.8) is 0 Å². The van der Waals surface area contributed by atoms with E-state index in [0.29, 0.717) is 24.5 Å². The van der Waals surface area contributed by atoms with Gasteiger partial charge < -0.3 is 9.42 Å². The topological polar surface area (TPSA) is 59.2 Å². The quantitative estimate of drug-likeness (QED) is 0.703. The van der Waals surface area contributed by atoms with Crippen LogP contribution in [0.5, 0.6) is 0 Å². The Bertz CT molecular complexity index is 908. The first kappa shape index (κ1) is 17.0. The first-order chi connectivity index (χ1) is 12.6. The van der Waals surface area contributed by atoms with Crippen molar-refractivity contribution >= 4 is 17.2 Å². The molecule has 1 aromatic carbocycles. The summed E-state index contributed by atoms with van der Waals surface area (Å²) >= 11 is 1.68. The van der Waals surface area contributed by atoms with Crippen molar-refractivity contribution in [3.8, 4) is 0 Å². The van der Waals surface area contributed by atoms with E-state index in [1.165, 1.54) is 5.56 Å². The van der Waals surface area contributed by atoms with Gasteiger partial charge in [-0.3, -0.25) is 4.79 Å². The van der Waals surface area contributed by atoms with Crippen molar-refractivity contribution in [2.75, 3.05) is 13.1 Å². The summed E-state index contributed by atoms with van der Waals surface area (Å²) in [6.07, 6.45) is 1.70. The van der Waals surface area contributed by atoms with Gasteiger partial charge in [0.05, 0.1) is 10.7 Å². The summed E-state index contributed by atoms with van der Waals surface area (Å²) in [4.78, 5) is 19.4. The van der Waals surface area contributed by atoms with Crippen LogP contribution in [0.4, 0.5) is 0 Å². The third kappa shape index (κ3) is 2.94. The fourth-order valence-electron chi connectivity index (χ4n) is 3.75. The van der Waals surface area contributed by atoms with Gasteiger partial charge in [-0.1, -0.05) is 35.5 Å². The largest absolute Gasteiger partial charge is 0.361 e. The van der Waals surface area contributed by atoms with Crippen LogP contribution in [0.25, 0.3) is 0 Å². The lowest BCUT2D eigenvalue weighted by atomic mass is 9.70. The molecule has 4 rings (SSSR count). The minimum absolute atomic E-state index is 0.0574. The lowest BCUT2D eigenvalue weighted by molar-refractivity contribution is 0.0673. The molecule has 1 amide bonds. The van der Waals surface area contributed by atoms with Gasteiger partial charge in [-0.15, -0.1) is 11.3 Å². The van der Waals surface area contributed by atoms with E-state index in [1.807, 2.05) is 17.9 Å².